The van der Waals surface area contributed by atoms with Gasteiger partial charge in [-0.1, -0.05) is 54.6 Å². The topological polar surface area (TPSA) is 87.4 Å². The number of aliphatic hydroxyl groups excluding tert-OH is 1. The van der Waals surface area contributed by atoms with Crippen molar-refractivity contribution in [3.05, 3.63) is 91.0 Å². The van der Waals surface area contributed by atoms with Crippen LogP contribution in [0.4, 0.5) is 17.1 Å². The van der Waals surface area contributed by atoms with Crippen molar-refractivity contribution >= 4 is 23.9 Å². The fourth-order valence-corrected chi connectivity index (χ4v) is 1.81. The molecule has 0 amide bonds. The molecule has 3 aromatic carbocycles. The van der Waals surface area contributed by atoms with Gasteiger partial charge in [-0.2, -0.15) is 0 Å². The molecule has 0 aliphatic heterocycles. The number of carbonyl (C=O) groups excluding carboxylic acids is 1. The molecule has 0 saturated heterocycles. The van der Waals surface area contributed by atoms with Gasteiger partial charge in [0.2, 0.25) is 0 Å². The van der Waals surface area contributed by atoms with Crippen LogP contribution in [0.3, 0.4) is 0 Å². The third-order valence-electron chi connectivity index (χ3n) is 2.93. The Morgan fingerprint density at radius 2 is 1.00 bits per heavy atom. The monoisotopic (exact) mass is 353 g/mol. The Morgan fingerprint density at radius 1 is 0.692 bits per heavy atom. The minimum Gasteiger partial charge on any atom is -0.400 e. The predicted molar refractivity (Wildman–Crippen MR) is 111 cm³/mol. The molecule has 0 aromatic heterocycles. The maximum Gasteiger partial charge on any atom is 0.106 e. The highest BCUT2D eigenvalue weighted by atomic mass is 16.2. The molecule has 0 spiro atoms. The van der Waals surface area contributed by atoms with E-state index in [0.29, 0.717) is 0 Å². The number of rotatable bonds is 4. The van der Waals surface area contributed by atoms with E-state index in [2.05, 4.69) is 10.6 Å². The highest BCUT2D eigenvalue weighted by molar-refractivity contribution is 5.47. The normalized spacial score (nSPS) is 8.23. The minimum absolute atomic E-state index is 0.730. The first-order chi connectivity index (χ1) is 12.8. The largest absolute Gasteiger partial charge is 0.400 e. The Bertz CT molecular complexity index is 610. The average molecular weight is 353 g/mol. The number of carbonyl (C=O) groups is 1. The van der Waals surface area contributed by atoms with Gasteiger partial charge in [0, 0.05) is 24.2 Å². The summed E-state index contributed by atoms with van der Waals surface area (Å²) < 4.78 is 0. The molecule has 5 heteroatoms. The standard InChI is InChI=1S/C13H14N2.C6H7N.CH4O.CH2O/c1-3-7-12(8-4-1)14-11-15-13-9-5-2-6-10-13;7-6-4-2-1-3-5-6;2*1-2/h1-10,14-15H,11H2;1-5H,7H2;2H,1H3;1H2. The van der Waals surface area contributed by atoms with E-state index in [-0.39, 0.29) is 0 Å². The Morgan fingerprint density at radius 3 is 1.27 bits per heavy atom. The molecule has 0 unspecified atom stereocenters. The molecule has 138 valence electrons. The summed E-state index contributed by atoms with van der Waals surface area (Å²) in [6.07, 6.45) is 0. The number of hydrogen-bond acceptors (Lipinski definition) is 5. The van der Waals surface area contributed by atoms with Crippen LogP contribution >= 0.6 is 0 Å². The van der Waals surface area contributed by atoms with Gasteiger partial charge >= 0.3 is 0 Å². The lowest BCUT2D eigenvalue weighted by Crippen LogP contribution is -2.11. The summed E-state index contributed by atoms with van der Waals surface area (Å²) in [5.41, 5.74) is 8.43. The van der Waals surface area contributed by atoms with Crippen molar-refractivity contribution in [2.75, 3.05) is 30.1 Å². The molecule has 0 radical (unpaired) electrons. The summed E-state index contributed by atoms with van der Waals surface area (Å²) in [5.74, 6) is 0. The molecule has 0 fully saturated rings. The van der Waals surface area contributed by atoms with Crippen LogP contribution in [0.15, 0.2) is 91.0 Å². The van der Waals surface area contributed by atoms with Crippen molar-refractivity contribution in [3.63, 3.8) is 0 Å². The third-order valence-corrected chi connectivity index (χ3v) is 2.93. The Hall–Kier alpha value is -3.31. The van der Waals surface area contributed by atoms with Crippen molar-refractivity contribution in [1.82, 2.24) is 0 Å². The molecule has 3 rings (SSSR count). The van der Waals surface area contributed by atoms with Crippen LogP contribution in [0.1, 0.15) is 0 Å². The number of para-hydroxylation sites is 3. The van der Waals surface area contributed by atoms with E-state index in [9.17, 15) is 0 Å². The maximum absolute atomic E-state index is 8.00. The second-order valence-electron chi connectivity index (χ2n) is 4.67. The van der Waals surface area contributed by atoms with Crippen molar-refractivity contribution in [2.24, 2.45) is 0 Å². The molecule has 5 N–H and O–H groups in total. The Labute approximate surface area is 155 Å². The van der Waals surface area contributed by atoms with Gasteiger partial charge in [-0.05, 0) is 36.4 Å². The van der Waals surface area contributed by atoms with E-state index in [0.717, 1.165) is 30.8 Å². The first-order valence-electron chi connectivity index (χ1n) is 7.96. The third kappa shape index (κ3) is 11.3. The zero-order valence-corrected chi connectivity index (χ0v) is 15.0. The quantitative estimate of drug-likeness (QED) is 0.423. The van der Waals surface area contributed by atoms with Gasteiger partial charge < -0.3 is 26.3 Å². The molecule has 0 saturated carbocycles. The van der Waals surface area contributed by atoms with Crippen LogP contribution in [0.2, 0.25) is 0 Å². The fraction of sp³-hybridized carbons (Fsp3) is 0.0952. The summed E-state index contributed by atoms with van der Waals surface area (Å²) >= 11 is 0. The summed E-state index contributed by atoms with van der Waals surface area (Å²) in [7, 11) is 1.00. The van der Waals surface area contributed by atoms with Gasteiger partial charge in [-0.25, -0.2) is 0 Å². The Kier molecular flexibility index (Phi) is 14.4. The van der Waals surface area contributed by atoms with Crippen molar-refractivity contribution in [2.45, 2.75) is 0 Å². The molecule has 0 bridgehead atoms. The van der Waals surface area contributed by atoms with Gasteiger partial charge in [0.25, 0.3) is 0 Å². The van der Waals surface area contributed by atoms with E-state index >= 15 is 0 Å². The lowest BCUT2D eigenvalue weighted by Gasteiger charge is -2.08. The van der Waals surface area contributed by atoms with Gasteiger partial charge in [0.05, 0.1) is 6.67 Å². The van der Waals surface area contributed by atoms with Crippen LogP contribution in [0, 0.1) is 0 Å². The number of benzene rings is 3. The van der Waals surface area contributed by atoms with Crippen LogP contribution in [-0.2, 0) is 4.79 Å². The van der Waals surface area contributed by atoms with E-state index in [1.807, 2.05) is 97.8 Å². The van der Waals surface area contributed by atoms with Gasteiger partial charge in [0.15, 0.2) is 0 Å². The SMILES string of the molecule is C=O.CO.Nc1ccccc1.c1ccc(NCNc2ccccc2)cc1. The van der Waals surface area contributed by atoms with E-state index in [1.54, 1.807) is 0 Å². The van der Waals surface area contributed by atoms with E-state index < -0.39 is 0 Å². The van der Waals surface area contributed by atoms with Gasteiger partial charge in [0.1, 0.15) is 6.79 Å². The number of nitrogens with one attached hydrogen (secondary N) is 2. The highest BCUT2D eigenvalue weighted by Crippen LogP contribution is 2.06. The molecular weight excluding hydrogens is 326 g/mol. The molecule has 26 heavy (non-hydrogen) atoms. The van der Waals surface area contributed by atoms with Gasteiger partial charge in [-0.3, -0.25) is 0 Å². The van der Waals surface area contributed by atoms with E-state index in [4.69, 9.17) is 15.6 Å². The van der Waals surface area contributed by atoms with Crippen LogP contribution < -0.4 is 16.4 Å². The predicted octanol–water partition coefficient (Wildman–Crippen LogP) is 3.86. The molecular formula is C21H27N3O2. The lowest BCUT2D eigenvalue weighted by molar-refractivity contribution is -0.0979. The number of hydrogen-bond donors (Lipinski definition) is 4. The first kappa shape index (κ1) is 22.7. The molecule has 0 atom stereocenters. The van der Waals surface area contributed by atoms with Crippen LogP contribution in [0.5, 0.6) is 0 Å². The smallest absolute Gasteiger partial charge is 0.106 e. The number of nitrogen functional groups attached to an aromatic ring is 1. The molecule has 0 aliphatic carbocycles. The second kappa shape index (κ2) is 16.5. The van der Waals surface area contributed by atoms with Crippen molar-refractivity contribution in [3.8, 4) is 0 Å². The zero-order valence-electron chi connectivity index (χ0n) is 15.0. The average Bonchev–Trinajstić information content (AvgIpc) is 2.74. The lowest BCUT2D eigenvalue weighted by atomic mass is 10.3. The Balaban J connectivity index is 0.000000477. The highest BCUT2D eigenvalue weighted by Gasteiger charge is 1.89. The molecule has 0 aliphatic rings. The van der Waals surface area contributed by atoms with E-state index in [1.165, 1.54) is 0 Å². The second-order valence-corrected chi connectivity index (χ2v) is 4.67. The number of anilines is 3. The van der Waals surface area contributed by atoms with Gasteiger partial charge in [-0.15, -0.1) is 0 Å². The summed E-state index contributed by atoms with van der Waals surface area (Å²) in [6.45, 7) is 2.73. The van der Waals surface area contributed by atoms with Crippen molar-refractivity contribution < 1.29 is 9.90 Å². The fourth-order valence-electron chi connectivity index (χ4n) is 1.81. The molecule has 3 aromatic rings. The maximum atomic E-state index is 8.00. The summed E-state index contributed by atoms with van der Waals surface area (Å²) in [6, 6.07) is 29.8. The van der Waals surface area contributed by atoms with Crippen LogP contribution in [-0.4, -0.2) is 25.7 Å². The molecule has 0 heterocycles. The summed E-state index contributed by atoms with van der Waals surface area (Å²) in [4.78, 5) is 8.00. The minimum atomic E-state index is 0.730. The zero-order chi connectivity index (χ0) is 19.5. The number of nitrogens with two attached hydrogens (primary N) is 1. The number of aliphatic hydroxyl groups is 1. The summed E-state index contributed by atoms with van der Waals surface area (Å²) in [5, 5.41) is 13.6. The van der Waals surface area contributed by atoms with Crippen molar-refractivity contribution in [1.29, 1.82) is 0 Å². The molecule has 5 nitrogen and oxygen atoms in total. The van der Waals surface area contributed by atoms with Crippen LogP contribution in [0.25, 0.3) is 0 Å². The first-order valence-corrected chi connectivity index (χ1v) is 7.96.